The number of nitrogens with one attached hydrogen (secondary N) is 2. The highest BCUT2D eigenvalue weighted by atomic mass is 35.5. The summed E-state index contributed by atoms with van der Waals surface area (Å²) in [5.74, 6) is -2.63. The predicted molar refractivity (Wildman–Crippen MR) is 132 cm³/mol. The molecular formula is C24H20ClN3O7S. The number of anilines is 1. The van der Waals surface area contributed by atoms with Gasteiger partial charge in [0.15, 0.2) is 5.75 Å². The molecule has 0 aromatic heterocycles. The minimum Gasteiger partial charge on any atom is -0.508 e. The van der Waals surface area contributed by atoms with Crippen molar-refractivity contribution in [2.24, 2.45) is 5.14 Å². The average molecular weight is 530 g/mol. The SMILES string of the molecule is C=CC(=O)Oc1c(NC(=O)c2ccc(C(=O)NCc3cccc(O)c3)cc2Cl)cccc1S(N)(=O)=O. The van der Waals surface area contributed by atoms with Gasteiger partial charge in [-0.2, -0.15) is 0 Å². The van der Waals surface area contributed by atoms with Crippen molar-refractivity contribution in [1.29, 1.82) is 0 Å². The van der Waals surface area contributed by atoms with Crippen molar-refractivity contribution in [2.45, 2.75) is 11.4 Å². The molecule has 186 valence electrons. The van der Waals surface area contributed by atoms with Crippen molar-refractivity contribution in [1.82, 2.24) is 5.32 Å². The van der Waals surface area contributed by atoms with Crippen LogP contribution in [-0.4, -0.2) is 31.3 Å². The number of phenols is 1. The molecule has 10 nitrogen and oxygen atoms in total. The Kier molecular flexibility index (Phi) is 8.10. The number of primary sulfonamides is 1. The van der Waals surface area contributed by atoms with Crippen LogP contribution in [0.25, 0.3) is 0 Å². The van der Waals surface area contributed by atoms with E-state index in [1.807, 2.05) is 0 Å². The number of rotatable bonds is 8. The molecule has 0 aliphatic carbocycles. The van der Waals surface area contributed by atoms with Gasteiger partial charge >= 0.3 is 5.97 Å². The minimum absolute atomic E-state index is 0.0387. The number of amides is 2. The predicted octanol–water partition coefficient (Wildman–Crippen LogP) is 2.97. The number of aromatic hydroxyl groups is 1. The summed E-state index contributed by atoms with van der Waals surface area (Å²) in [5, 5.41) is 19.8. The molecule has 0 bridgehead atoms. The molecule has 12 heteroatoms. The second-order valence-electron chi connectivity index (χ2n) is 7.30. The van der Waals surface area contributed by atoms with Gasteiger partial charge in [0.1, 0.15) is 10.6 Å². The van der Waals surface area contributed by atoms with Gasteiger partial charge in [-0.1, -0.05) is 36.4 Å². The Labute approximate surface area is 211 Å². The van der Waals surface area contributed by atoms with Gasteiger partial charge in [0, 0.05) is 18.2 Å². The van der Waals surface area contributed by atoms with Crippen LogP contribution in [0.15, 0.2) is 78.2 Å². The van der Waals surface area contributed by atoms with E-state index in [4.69, 9.17) is 21.5 Å². The zero-order chi connectivity index (χ0) is 26.5. The summed E-state index contributed by atoms with van der Waals surface area (Å²) in [6.07, 6.45) is 0.812. The maximum absolute atomic E-state index is 12.9. The number of hydrogen-bond acceptors (Lipinski definition) is 7. The van der Waals surface area contributed by atoms with Crippen LogP contribution in [0.2, 0.25) is 5.02 Å². The number of halogens is 1. The van der Waals surface area contributed by atoms with E-state index in [2.05, 4.69) is 17.2 Å². The van der Waals surface area contributed by atoms with Gasteiger partial charge in [-0.05, 0) is 48.0 Å². The molecule has 0 fully saturated rings. The second-order valence-corrected chi connectivity index (χ2v) is 9.24. The fraction of sp³-hybridized carbons (Fsp3) is 0.0417. The largest absolute Gasteiger partial charge is 0.508 e. The van der Waals surface area contributed by atoms with E-state index in [0.717, 1.165) is 12.1 Å². The monoisotopic (exact) mass is 529 g/mol. The molecule has 0 unspecified atom stereocenters. The molecule has 0 aliphatic heterocycles. The Hall–Kier alpha value is -4.19. The molecule has 36 heavy (non-hydrogen) atoms. The normalized spacial score (nSPS) is 10.8. The van der Waals surface area contributed by atoms with E-state index < -0.39 is 38.5 Å². The third-order valence-electron chi connectivity index (χ3n) is 4.74. The molecule has 3 aromatic carbocycles. The van der Waals surface area contributed by atoms with E-state index in [-0.39, 0.29) is 34.1 Å². The van der Waals surface area contributed by atoms with Crippen LogP contribution in [-0.2, 0) is 21.4 Å². The first-order chi connectivity index (χ1) is 17.0. The maximum atomic E-state index is 12.9. The lowest BCUT2D eigenvalue weighted by Crippen LogP contribution is -2.23. The molecule has 0 heterocycles. The van der Waals surface area contributed by atoms with Crippen LogP contribution < -0.4 is 20.5 Å². The number of para-hydroxylation sites is 1. The standard InChI is InChI=1S/C24H20ClN3O7S/c1-2-21(30)35-22-19(7-4-8-20(22)36(26,33)34)28-24(32)17-10-9-15(12-18(17)25)23(31)27-13-14-5-3-6-16(29)11-14/h2-12,29H,1,13H2,(H,27,31)(H,28,32)(H2,26,33,34). The zero-order valence-corrected chi connectivity index (χ0v) is 20.1. The number of sulfonamides is 1. The van der Waals surface area contributed by atoms with Crippen molar-refractivity contribution in [3.63, 3.8) is 0 Å². The highest BCUT2D eigenvalue weighted by Crippen LogP contribution is 2.33. The van der Waals surface area contributed by atoms with Crippen LogP contribution in [0, 0.1) is 0 Å². The molecule has 0 saturated carbocycles. The van der Waals surface area contributed by atoms with Crippen LogP contribution in [0.1, 0.15) is 26.3 Å². The van der Waals surface area contributed by atoms with E-state index in [0.29, 0.717) is 5.56 Å². The molecule has 0 spiro atoms. The first kappa shape index (κ1) is 26.4. The fourth-order valence-corrected chi connectivity index (χ4v) is 4.01. The van der Waals surface area contributed by atoms with Crippen molar-refractivity contribution in [3.05, 3.63) is 95.0 Å². The molecule has 0 radical (unpaired) electrons. The number of hydrogen-bond donors (Lipinski definition) is 4. The van der Waals surface area contributed by atoms with E-state index >= 15 is 0 Å². The fourth-order valence-electron chi connectivity index (χ4n) is 3.07. The number of benzene rings is 3. The molecular weight excluding hydrogens is 510 g/mol. The topological polar surface area (TPSA) is 165 Å². The summed E-state index contributed by atoms with van der Waals surface area (Å²) in [6.45, 7) is 3.40. The summed E-state index contributed by atoms with van der Waals surface area (Å²) in [7, 11) is -4.31. The number of nitrogens with two attached hydrogens (primary N) is 1. The van der Waals surface area contributed by atoms with Gasteiger partial charge < -0.3 is 20.5 Å². The van der Waals surface area contributed by atoms with Crippen molar-refractivity contribution in [3.8, 4) is 11.5 Å². The minimum atomic E-state index is -4.31. The Balaban J connectivity index is 1.81. The lowest BCUT2D eigenvalue weighted by molar-refractivity contribution is -0.129. The highest BCUT2D eigenvalue weighted by molar-refractivity contribution is 7.89. The molecule has 5 N–H and O–H groups in total. The summed E-state index contributed by atoms with van der Waals surface area (Å²) in [6, 6.07) is 14.0. The first-order valence-corrected chi connectivity index (χ1v) is 12.1. The number of carbonyl (C=O) groups excluding carboxylic acids is 3. The van der Waals surface area contributed by atoms with Crippen LogP contribution in [0.4, 0.5) is 5.69 Å². The smallest absolute Gasteiger partial charge is 0.335 e. The van der Waals surface area contributed by atoms with Gasteiger partial charge in [-0.15, -0.1) is 0 Å². The Bertz CT molecular complexity index is 1470. The second kappa shape index (κ2) is 11.0. The van der Waals surface area contributed by atoms with E-state index in [1.165, 1.54) is 42.5 Å². The first-order valence-electron chi connectivity index (χ1n) is 10.2. The highest BCUT2D eigenvalue weighted by Gasteiger charge is 2.23. The number of ether oxygens (including phenoxy) is 1. The average Bonchev–Trinajstić information content (AvgIpc) is 2.82. The van der Waals surface area contributed by atoms with Crippen LogP contribution >= 0.6 is 11.6 Å². The van der Waals surface area contributed by atoms with Crippen molar-refractivity contribution < 1.29 is 32.6 Å². The Morgan fingerprint density at radius 1 is 1.06 bits per heavy atom. The summed E-state index contributed by atoms with van der Waals surface area (Å²) >= 11 is 6.23. The van der Waals surface area contributed by atoms with E-state index in [1.54, 1.807) is 12.1 Å². The van der Waals surface area contributed by atoms with Gasteiger partial charge in [-0.25, -0.2) is 18.4 Å². The molecule has 2 amide bonds. The molecule has 0 atom stereocenters. The zero-order valence-electron chi connectivity index (χ0n) is 18.5. The quantitative estimate of drug-likeness (QED) is 0.198. The Morgan fingerprint density at radius 3 is 2.42 bits per heavy atom. The molecule has 3 aromatic rings. The third-order valence-corrected chi connectivity index (χ3v) is 5.99. The van der Waals surface area contributed by atoms with Crippen LogP contribution in [0.3, 0.4) is 0 Å². The maximum Gasteiger partial charge on any atom is 0.335 e. The van der Waals surface area contributed by atoms with E-state index in [9.17, 15) is 27.9 Å². The molecule has 0 aliphatic rings. The third kappa shape index (κ3) is 6.48. The van der Waals surface area contributed by atoms with Crippen molar-refractivity contribution >= 4 is 45.1 Å². The molecule has 0 saturated heterocycles. The lowest BCUT2D eigenvalue weighted by Gasteiger charge is -2.14. The number of esters is 1. The summed E-state index contributed by atoms with van der Waals surface area (Å²) < 4.78 is 28.9. The van der Waals surface area contributed by atoms with Gasteiger partial charge in [-0.3, -0.25) is 9.59 Å². The lowest BCUT2D eigenvalue weighted by atomic mass is 10.1. The van der Waals surface area contributed by atoms with Gasteiger partial charge in [0.05, 0.1) is 16.3 Å². The molecule has 3 rings (SSSR count). The summed E-state index contributed by atoms with van der Waals surface area (Å²) in [5.41, 5.74) is 0.655. The Morgan fingerprint density at radius 2 is 1.78 bits per heavy atom. The van der Waals surface area contributed by atoms with Gasteiger partial charge in [0.25, 0.3) is 11.8 Å². The summed E-state index contributed by atoms with van der Waals surface area (Å²) in [4.78, 5) is 36.5. The number of carbonyl (C=O) groups is 3. The van der Waals surface area contributed by atoms with Crippen molar-refractivity contribution in [2.75, 3.05) is 5.32 Å². The van der Waals surface area contributed by atoms with Gasteiger partial charge in [0.2, 0.25) is 10.0 Å². The number of phenolic OH excluding ortho intramolecular Hbond substituents is 1. The van der Waals surface area contributed by atoms with Crippen LogP contribution in [0.5, 0.6) is 11.5 Å².